The number of rotatable bonds is 5. The van der Waals surface area contributed by atoms with E-state index in [9.17, 15) is 24.5 Å². The normalized spacial score (nSPS) is 15.9. The molecule has 0 N–H and O–H groups in total. The number of urea groups is 1. The minimum atomic E-state index is -0.612. The highest BCUT2D eigenvalue weighted by atomic mass is 16.6. The molecule has 0 aliphatic carbocycles. The summed E-state index contributed by atoms with van der Waals surface area (Å²) in [6.45, 7) is 5.48. The molecule has 0 saturated carbocycles. The van der Waals surface area contributed by atoms with Crippen LogP contribution in [0.2, 0.25) is 0 Å². The maximum absolute atomic E-state index is 12.8. The molecule has 1 fully saturated rings. The fourth-order valence-corrected chi connectivity index (χ4v) is 3.97. The summed E-state index contributed by atoms with van der Waals surface area (Å²) in [6, 6.07) is 3.93. The maximum Gasteiger partial charge on any atom is 0.419 e. The Morgan fingerprint density at radius 2 is 1.97 bits per heavy atom. The van der Waals surface area contributed by atoms with Crippen molar-refractivity contribution in [2.75, 3.05) is 33.7 Å². The van der Waals surface area contributed by atoms with Gasteiger partial charge in [0.1, 0.15) is 0 Å². The minimum absolute atomic E-state index is 0.0431. The average molecular weight is 433 g/mol. The highest BCUT2D eigenvalue weighted by Crippen LogP contribution is 2.24. The molecule has 3 amide bonds. The second-order valence-electron chi connectivity index (χ2n) is 8.49. The summed E-state index contributed by atoms with van der Waals surface area (Å²) in [5.74, 6) is -0.655. The van der Waals surface area contributed by atoms with Gasteiger partial charge < -0.3 is 19.1 Å². The number of nitro groups is 1. The number of oxazole rings is 1. The zero-order valence-electron chi connectivity index (χ0n) is 18.2. The van der Waals surface area contributed by atoms with E-state index in [1.807, 2.05) is 13.8 Å². The Kier molecular flexibility index (Phi) is 6.05. The van der Waals surface area contributed by atoms with Crippen LogP contribution in [0, 0.1) is 10.1 Å². The number of non-ortho nitro benzene ring substituents is 1. The van der Waals surface area contributed by atoms with E-state index in [0.29, 0.717) is 31.6 Å². The summed E-state index contributed by atoms with van der Waals surface area (Å²) in [6.07, 6.45) is 0.647. The smallest absolute Gasteiger partial charge is 0.407 e. The van der Waals surface area contributed by atoms with Gasteiger partial charge in [-0.25, -0.2) is 9.59 Å². The molecule has 1 saturated heterocycles. The number of nitrogens with zero attached hydrogens (tertiary/aromatic N) is 5. The van der Waals surface area contributed by atoms with E-state index >= 15 is 0 Å². The van der Waals surface area contributed by atoms with Gasteiger partial charge in [0.15, 0.2) is 5.58 Å². The molecule has 1 aromatic heterocycles. The third-order valence-electron chi connectivity index (χ3n) is 5.49. The van der Waals surface area contributed by atoms with Crippen LogP contribution < -0.4 is 5.76 Å². The van der Waals surface area contributed by atoms with Gasteiger partial charge in [-0.05, 0) is 26.3 Å². The summed E-state index contributed by atoms with van der Waals surface area (Å²) >= 11 is 0. The number of fused-ring (bicyclic) bond motifs is 1. The van der Waals surface area contributed by atoms with E-state index in [2.05, 4.69) is 0 Å². The van der Waals surface area contributed by atoms with Crippen LogP contribution in [0.15, 0.2) is 27.4 Å². The first kappa shape index (κ1) is 22.3. The van der Waals surface area contributed by atoms with E-state index in [0.717, 1.165) is 0 Å². The summed E-state index contributed by atoms with van der Waals surface area (Å²) in [4.78, 5) is 52.6. The molecule has 1 aliphatic heterocycles. The Balaban J connectivity index is 1.63. The molecule has 0 atom stereocenters. The fraction of sp³-hybridized carbons (Fsp3) is 0.550. The SMILES string of the molecule is CN(C)C(=O)N1CCN(C(=O)CCCn2c(=O)oc3cc([N+](=O)[O-])ccc32)C(C)(C)C1. The molecule has 11 nitrogen and oxygen atoms in total. The lowest BCUT2D eigenvalue weighted by Gasteiger charge is -2.47. The molecule has 0 spiro atoms. The number of nitro benzene ring substituents is 1. The topological polar surface area (TPSA) is 122 Å². The van der Waals surface area contributed by atoms with Crippen LogP contribution in [0.1, 0.15) is 26.7 Å². The zero-order chi connectivity index (χ0) is 22.9. The third kappa shape index (κ3) is 4.54. The largest absolute Gasteiger partial charge is 0.419 e. The fourth-order valence-electron chi connectivity index (χ4n) is 3.97. The molecule has 0 unspecified atom stereocenters. The first-order valence-electron chi connectivity index (χ1n) is 10.1. The van der Waals surface area contributed by atoms with Crippen LogP contribution in [-0.4, -0.2) is 75.4 Å². The number of amides is 3. The van der Waals surface area contributed by atoms with Gasteiger partial charge in [-0.3, -0.25) is 19.5 Å². The Hall–Kier alpha value is -3.37. The molecule has 168 valence electrons. The van der Waals surface area contributed by atoms with Crippen LogP contribution in [0.5, 0.6) is 0 Å². The van der Waals surface area contributed by atoms with Gasteiger partial charge in [0.25, 0.3) is 5.69 Å². The lowest BCUT2D eigenvalue weighted by molar-refractivity contribution is -0.384. The molecule has 31 heavy (non-hydrogen) atoms. The molecule has 0 radical (unpaired) electrons. The van der Waals surface area contributed by atoms with Crippen LogP contribution in [0.3, 0.4) is 0 Å². The van der Waals surface area contributed by atoms with E-state index in [4.69, 9.17) is 4.42 Å². The first-order chi connectivity index (χ1) is 14.5. The standard InChI is InChI=1S/C20H27N5O6/c1-20(2)13-22(18(27)21(3)4)10-11-24(20)17(26)6-5-9-23-15-8-7-14(25(29)30)12-16(15)31-19(23)28/h7-8,12H,5-6,9-11,13H2,1-4H3. The van der Waals surface area contributed by atoms with Gasteiger partial charge in [-0.2, -0.15) is 0 Å². The average Bonchev–Trinajstić information content (AvgIpc) is 3.00. The Morgan fingerprint density at radius 3 is 2.58 bits per heavy atom. The number of aromatic nitrogens is 1. The van der Waals surface area contributed by atoms with Crippen molar-refractivity contribution in [3.05, 3.63) is 38.9 Å². The van der Waals surface area contributed by atoms with Crippen molar-refractivity contribution in [3.63, 3.8) is 0 Å². The number of piperazine rings is 1. The van der Waals surface area contributed by atoms with Crippen molar-refractivity contribution < 1.29 is 18.9 Å². The van der Waals surface area contributed by atoms with Gasteiger partial charge >= 0.3 is 11.8 Å². The molecule has 11 heteroatoms. The predicted octanol–water partition coefficient (Wildman–Crippen LogP) is 1.89. The van der Waals surface area contributed by atoms with Crippen molar-refractivity contribution in [1.29, 1.82) is 0 Å². The molecule has 2 heterocycles. The number of hydrogen-bond donors (Lipinski definition) is 0. The van der Waals surface area contributed by atoms with E-state index < -0.39 is 16.2 Å². The number of benzene rings is 1. The summed E-state index contributed by atoms with van der Waals surface area (Å²) in [5, 5.41) is 10.9. The van der Waals surface area contributed by atoms with Crippen LogP contribution in [0.4, 0.5) is 10.5 Å². The van der Waals surface area contributed by atoms with Crippen molar-refractivity contribution in [3.8, 4) is 0 Å². The molecular formula is C20H27N5O6. The minimum Gasteiger partial charge on any atom is -0.407 e. The molecular weight excluding hydrogens is 406 g/mol. The van der Waals surface area contributed by atoms with E-state index in [1.165, 1.54) is 27.7 Å². The number of aryl methyl sites for hydroxylation is 1. The second-order valence-corrected chi connectivity index (χ2v) is 8.49. The monoisotopic (exact) mass is 433 g/mol. The summed E-state index contributed by atoms with van der Waals surface area (Å²) in [5.41, 5.74) is -0.0516. The Labute approximate surface area is 178 Å². The van der Waals surface area contributed by atoms with Gasteiger partial charge in [0.05, 0.1) is 22.0 Å². The van der Waals surface area contributed by atoms with Gasteiger partial charge in [0.2, 0.25) is 5.91 Å². The van der Waals surface area contributed by atoms with Crippen LogP contribution in [-0.2, 0) is 11.3 Å². The number of carbonyl (C=O) groups excluding carboxylic acids is 2. The van der Waals surface area contributed by atoms with Gasteiger partial charge in [-0.15, -0.1) is 0 Å². The van der Waals surface area contributed by atoms with E-state index in [-0.39, 0.29) is 36.2 Å². The quantitative estimate of drug-likeness (QED) is 0.524. The highest BCUT2D eigenvalue weighted by Gasteiger charge is 2.38. The lowest BCUT2D eigenvalue weighted by atomic mass is 9.98. The number of hydrogen-bond acceptors (Lipinski definition) is 6. The third-order valence-corrected chi connectivity index (χ3v) is 5.49. The van der Waals surface area contributed by atoms with E-state index in [1.54, 1.807) is 23.9 Å². The van der Waals surface area contributed by atoms with Crippen molar-refractivity contribution in [2.24, 2.45) is 0 Å². The zero-order valence-corrected chi connectivity index (χ0v) is 18.2. The molecule has 2 aromatic rings. The number of carbonyl (C=O) groups is 2. The molecule has 0 bridgehead atoms. The molecule has 3 rings (SSSR count). The summed E-state index contributed by atoms with van der Waals surface area (Å²) in [7, 11) is 3.40. The van der Waals surface area contributed by atoms with Crippen LogP contribution >= 0.6 is 0 Å². The van der Waals surface area contributed by atoms with Crippen LogP contribution in [0.25, 0.3) is 11.1 Å². The molecule has 1 aliphatic rings. The van der Waals surface area contributed by atoms with Gasteiger partial charge in [-0.1, -0.05) is 0 Å². The Morgan fingerprint density at radius 1 is 1.26 bits per heavy atom. The van der Waals surface area contributed by atoms with Crippen molar-refractivity contribution in [2.45, 2.75) is 38.8 Å². The molecule has 1 aromatic carbocycles. The Bertz CT molecular complexity index is 1070. The van der Waals surface area contributed by atoms with Crippen molar-refractivity contribution >= 4 is 28.7 Å². The van der Waals surface area contributed by atoms with Gasteiger partial charge in [0, 0.05) is 52.8 Å². The predicted molar refractivity (Wildman–Crippen MR) is 113 cm³/mol. The maximum atomic E-state index is 12.8. The second kappa shape index (κ2) is 8.40. The first-order valence-corrected chi connectivity index (χ1v) is 10.1. The lowest BCUT2D eigenvalue weighted by Crippen LogP contribution is -2.63. The summed E-state index contributed by atoms with van der Waals surface area (Å²) < 4.78 is 6.50. The highest BCUT2D eigenvalue weighted by molar-refractivity contribution is 5.79. The van der Waals surface area contributed by atoms with Crippen molar-refractivity contribution in [1.82, 2.24) is 19.3 Å².